The summed E-state index contributed by atoms with van der Waals surface area (Å²) >= 11 is 0. The number of fused-ring (bicyclic) bond motifs is 1. The summed E-state index contributed by atoms with van der Waals surface area (Å²) in [6.45, 7) is 0. The highest BCUT2D eigenvalue weighted by Crippen LogP contribution is 2.30. The number of ether oxygens (including phenoxy) is 1. The molecule has 0 spiro atoms. The molecule has 0 aliphatic heterocycles. The topological polar surface area (TPSA) is 82.7 Å². The summed E-state index contributed by atoms with van der Waals surface area (Å²) in [5.41, 5.74) is 0.605. The molecular formula is C16H11O5-. The first kappa shape index (κ1) is 13.1. The van der Waals surface area contributed by atoms with Crippen LogP contribution in [0.25, 0.3) is 22.3 Å². The Kier molecular flexibility index (Phi) is 3.02. The van der Waals surface area contributed by atoms with Gasteiger partial charge < -0.3 is 19.4 Å². The van der Waals surface area contributed by atoms with Crippen molar-refractivity contribution in [2.45, 2.75) is 0 Å². The SMILES string of the molecule is COc1cc(-c2cc(=O)c3ccc(O)cc3o2)ccc1[O-]. The lowest BCUT2D eigenvalue weighted by atomic mass is 10.1. The highest BCUT2D eigenvalue weighted by atomic mass is 16.5. The highest BCUT2D eigenvalue weighted by molar-refractivity contribution is 5.80. The van der Waals surface area contributed by atoms with Gasteiger partial charge in [0.25, 0.3) is 0 Å². The summed E-state index contributed by atoms with van der Waals surface area (Å²) in [7, 11) is 1.40. The normalized spacial score (nSPS) is 10.7. The first-order valence-electron chi connectivity index (χ1n) is 6.21. The van der Waals surface area contributed by atoms with Gasteiger partial charge in [0.1, 0.15) is 22.8 Å². The average molecular weight is 283 g/mol. The predicted molar refractivity (Wildman–Crippen MR) is 75.6 cm³/mol. The standard InChI is InChI=1S/C16H12O5/c1-20-16-6-9(2-5-12(16)18)14-8-13(19)11-4-3-10(17)7-15(11)21-14/h2-8,17-18H,1H3/p-1. The third-order valence-corrected chi connectivity index (χ3v) is 3.16. The molecule has 5 nitrogen and oxygen atoms in total. The molecule has 106 valence electrons. The number of aromatic hydroxyl groups is 1. The molecule has 0 fully saturated rings. The Morgan fingerprint density at radius 1 is 1.14 bits per heavy atom. The van der Waals surface area contributed by atoms with Crippen molar-refractivity contribution in [3.63, 3.8) is 0 Å². The van der Waals surface area contributed by atoms with E-state index < -0.39 is 0 Å². The number of phenols is 1. The second kappa shape index (κ2) is 4.86. The van der Waals surface area contributed by atoms with Crippen molar-refractivity contribution in [2.24, 2.45) is 0 Å². The molecule has 1 N–H and O–H groups in total. The lowest BCUT2D eigenvalue weighted by Gasteiger charge is -2.13. The Labute approximate surface area is 119 Å². The van der Waals surface area contributed by atoms with Crippen molar-refractivity contribution < 1.29 is 19.4 Å². The molecule has 21 heavy (non-hydrogen) atoms. The van der Waals surface area contributed by atoms with Crippen molar-refractivity contribution in [3.8, 4) is 28.6 Å². The summed E-state index contributed by atoms with van der Waals surface area (Å²) in [6.07, 6.45) is 0. The average Bonchev–Trinajstić information content (AvgIpc) is 2.47. The second-order valence-corrected chi connectivity index (χ2v) is 4.52. The zero-order valence-electron chi connectivity index (χ0n) is 11.1. The van der Waals surface area contributed by atoms with E-state index in [9.17, 15) is 15.0 Å². The minimum atomic E-state index is -0.248. The smallest absolute Gasteiger partial charge is 0.193 e. The number of hydrogen-bond acceptors (Lipinski definition) is 5. The monoisotopic (exact) mass is 283 g/mol. The molecular weight excluding hydrogens is 272 g/mol. The Bertz CT molecular complexity index is 879. The molecule has 0 bridgehead atoms. The zero-order valence-corrected chi connectivity index (χ0v) is 11.1. The number of hydrogen-bond donors (Lipinski definition) is 1. The quantitative estimate of drug-likeness (QED) is 0.780. The van der Waals surface area contributed by atoms with Gasteiger partial charge in [0.15, 0.2) is 5.43 Å². The minimum Gasteiger partial charge on any atom is -0.870 e. The number of phenolic OH excluding ortho intramolecular Hbond substituents is 1. The third kappa shape index (κ3) is 2.29. The maximum Gasteiger partial charge on any atom is 0.193 e. The molecule has 3 aromatic rings. The molecule has 0 radical (unpaired) electrons. The van der Waals surface area contributed by atoms with E-state index in [0.29, 0.717) is 16.7 Å². The molecule has 0 aliphatic carbocycles. The van der Waals surface area contributed by atoms with Gasteiger partial charge in [0.2, 0.25) is 0 Å². The van der Waals surface area contributed by atoms with Crippen LogP contribution < -0.4 is 15.3 Å². The van der Waals surface area contributed by atoms with Gasteiger partial charge in [0, 0.05) is 17.7 Å². The Morgan fingerprint density at radius 2 is 1.95 bits per heavy atom. The van der Waals surface area contributed by atoms with Crippen LogP contribution in [-0.2, 0) is 0 Å². The van der Waals surface area contributed by atoms with Crippen LogP contribution in [0.4, 0.5) is 0 Å². The minimum absolute atomic E-state index is 0.00952. The van der Waals surface area contributed by atoms with E-state index in [4.69, 9.17) is 9.15 Å². The third-order valence-electron chi connectivity index (χ3n) is 3.16. The second-order valence-electron chi connectivity index (χ2n) is 4.52. The van der Waals surface area contributed by atoms with Crippen molar-refractivity contribution in [1.29, 1.82) is 0 Å². The van der Waals surface area contributed by atoms with E-state index in [1.165, 1.54) is 43.5 Å². The van der Waals surface area contributed by atoms with Crippen LogP contribution in [0.3, 0.4) is 0 Å². The van der Waals surface area contributed by atoms with Crippen molar-refractivity contribution >= 4 is 11.0 Å². The van der Waals surface area contributed by atoms with Gasteiger partial charge in [-0.3, -0.25) is 4.79 Å². The van der Waals surface area contributed by atoms with Crippen LogP contribution in [-0.4, -0.2) is 12.2 Å². The predicted octanol–water partition coefficient (Wildman–Crippen LogP) is 2.25. The van der Waals surface area contributed by atoms with Crippen LogP contribution >= 0.6 is 0 Å². The van der Waals surface area contributed by atoms with Crippen molar-refractivity contribution in [1.82, 2.24) is 0 Å². The first-order valence-corrected chi connectivity index (χ1v) is 6.21. The van der Waals surface area contributed by atoms with Gasteiger partial charge in [-0.15, -0.1) is 0 Å². The van der Waals surface area contributed by atoms with E-state index in [1.807, 2.05) is 0 Å². The van der Waals surface area contributed by atoms with Crippen LogP contribution in [0.5, 0.6) is 17.2 Å². The fourth-order valence-electron chi connectivity index (χ4n) is 2.11. The molecule has 0 saturated carbocycles. The van der Waals surface area contributed by atoms with Gasteiger partial charge in [0.05, 0.1) is 12.5 Å². The Balaban J connectivity index is 2.23. The zero-order chi connectivity index (χ0) is 15.0. The Morgan fingerprint density at radius 3 is 2.71 bits per heavy atom. The van der Waals surface area contributed by atoms with Gasteiger partial charge >= 0.3 is 0 Å². The van der Waals surface area contributed by atoms with E-state index >= 15 is 0 Å². The highest BCUT2D eigenvalue weighted by Gasteiger charge is 2.08. The van der Waals surface area contributed by atoms with Crippen molar-refractivity contribution in [2.75, 3.05) is 7.11 Å². The summed E-state index contributed by atoms with van der Waals surface area (Å²) in [4.78, 5) is 12.1. The van der Waals surface area contributed by atoms with Crippen molar-refractivity contribution in [3.05, 3.63) is 52.7 Å². The maximum atomic E-state index is 12.1. The van der Waals surface area contributed by atoms with Crippen LogP contribution in [0.15, 0.2) is 51.7 Å². The van der Waals surface area contributed by atoms with Crippen LogP contribution in [0, 0.1) is 0 Å². The molecule has 0 atom stereocenters. The molecule has 5 heteroatoms. The maximum absolute atomic E-state index is 12.1. The molecule has 3 rings (SSSR count). The molecule has 0 unspecified atom stereocenters. The largest absolute Gasteiger partial charge is 0.870 e. The number of benzene rings is 2. The Hall–Kier alpha value is -2.95. The lowest BCUT2D eigenvalue weighted by molar-refractivity contribution is -0.270. The first-order chi connectivity index (χ1) is 10.1. The number of rotatable bonds is 2. The lowest BCUT2D eigenvalue weighted by Crippen LogP contribution is -2.00. The fourth-order valence-corrected chi connectivity index (χ4v) is 2.11. The number of methoxy groups -OCH3 is 1. The van der Waals surface area contributed by atoms with Gasteiger partial charge in [-0.1, -0.05) is 17.9 Å². The van der Waals surface area contributed by atoms with E-state index in [-0.39, 0.29) is 28.3 Å². The molecule has 1 heterocycles. The summed E-state index contributed by atoms with van der Waals surface area (Å²) < 4.78 is 10.6. The molecule has 2 aromatic carbocycles. The van der Waals surface area contributed by atoms with Crippen LogP contribution in [0.1, 0.15) is 0 Å². The van der Waals surface area contributed by atoms with E-state index in [2.05, 4.69) is 0 Å². The summed E-state index contributed by atoms with van der Waals surface area (Å²) in [5.74, 6) is 0.236. The summed E-state index contributed by atoms with van der Waals surface area (Å²) in [5, 5.41) is 21.4. The fraction of sp³-hybridized carbons (Fsp3) is 0.0625. The molecule has 0 aliphatic rings. The van der Waals surface area contributed by atoms with Crippen LogP contribution in [0.2, 0.25) is 0 Å². The summed E-state index contributed by atoms with van der Waals surface area (Å²) in [6, 6.07) is 10.1. The van der Waals surface area contributed by atoms with E-state index in [0.717, 1.165) is 0 Å². The van der Waals surface area contributed by atoms with Gasteiger partial charge in [-0.2, -0.15) is 0 Å². The van der Waals surface area contributed by atoms with Gasteiger partial charge in [-0.05, 0) is 18.2 Å². The van der Waals surface area contributed by atoms with E-state index in [1.54, 1.807) is 6.07 Å². The molecule has 0 saturated heterocycles. The molecule has 1 aromatic heterocycles. The molecule has 0 amide bonds. The van der Waals surface area contributed by atoms with Gasteiger partial charge in [-0.25, -0.2) is 0 Å².